The Kier molecular flexibility index (Phi) is 8.09. The van der Waals surface area contributed by atoms with Crippen molar-refractivity contribution in [2.45, 2.75) is 32.2 Å². The third kappa shape index (κ3) is 8.39. The third-order valence-electron chi connectivity index (χ3n) is 2.63. The van der Waals surface area contributed by atoms with Crippen LogP contribution >= 0.6 is 0 Å². The molecule has 19 heavy (non-hydrogen) atoms. The second-order valence-corrected chi connectivity index (χ2v) is 4.91. The quantitative estimate of drug-likeness (QED) is 0.562. The number of aliphatic carboxylic acids is 1. The van der Waals surface area contributed by atoms with Crippen LogP contribution in [0.5, 0.6) is 0 Å². The summed E-state index contributed by atoms with van der Waals surface area (Å²) in [4.78, 5) is 24.0. The minimum absolute atomic E-state index is 0.00858. The predicted octanol–water partition coefficient (Wildman–Crippen LogP) is 0.280. The van der Waals surface area contributed by atoms with Gasteiger partial charge in [0.05, 0.1) is 13.2 Å². The summed E-state index contributed by atoms with van der Waals surface area (Å²) in [6, 6.07) is -0.332. The Morgan fingerprint density at radius 3 is 2.42 bits per heavy atom. The van der Waals surface area contributed by atoms with Crippen molar-refractivity contribution in [2.75, 3.05) is 33.4 Å². The van der Waals surface area contributed by atoms with Crippen molar-refractivity contribution in [3.8, 4) is 0 Å². The van der Waals surface area contributed by atoms with E-state index in [-0.39, 0.29) is 25.6 Å². The topological polar surface area (TPSA) is 99.1 Å². The van der Waals surface area contributed by atoms with E-state index in [1.54, 1.807) is 13.8 Å². The highest BCUT2D eigenvalue weighted by molar-refractivity contribution is 5.75. The second-order valence-electron chi connectivity index (χ2n) is 4.91. The lowest BCUT2D eigenvalue weighted by Crippen LogP contribution is -2.51. The zero-order chi connectivity index (χ0) is 14.9. The summed E-state index contributed by atoms with van der Waals surface area (Å²) in [5.74, 6) is -0.895. The van der Waals surface area contributed by atoms with Gasteiger partial charge in [-0.25, -0.2) is 4.79 Å². The van der Waals surface area contributed by atoms with E-state index in [0.29, 0.717) is 19.6 Å². The SMILES string of the molecule is COCCN(CCO)C(=O)NC(C)(C)CCC(=O)O. The predicted molar refractivity (Wildman–Crippen MR) is 70.0 cm³/mol. The number of hydrogen-bond donors (Lipinski definition) is 3. The number of nitrogens with one attached hydrogen (secondary N) is 1. The van der Waals surface area contributed by atoms with Gasteiger partial charge >= 0.3 is 12.0 Å². The lowest BCUT2D eigenvalue weighted by molar-refractivity contribution is -0.137. The monoisotopic (exact) mass is 276 g/mol. The minimum atomic E-state index is -0.895. The molecule has 0 spiro atoms. The molecule has 7 nitrogen and oxygen atoms in total. The Morgan fingerprint density at radius 1 is 1.32 bits per heavy atom. The van der Waals surface area contributed by atoms with E-state index in [1.807, 2.05) is 0 Å². The molecule has 0 aliphatic carbocycles. The molecule has 0 aromatic carbocycles. The fraction of sp³-hybridized carbons (Fsp3) is 0.833. The third-order valence-corrected chi connectivity index (χ3v) is 2.63. The number of urea groups is 1. The van der Waals surface area contributed by atoms with Crippen LogP contribution in [0.2, 0.25) is 0 Å². The van der Waals surface area contributed by atoms with Gasteiger partial charge in [-0.1, -0.05) is 0 Å². The molecule has 0 radical (unpaired) electrons. The molecule has 0 aromatic rings. The van der Waals surface area contributed by atoms with Crippen molar-refractivity contribution >= 4 is 12.0 Å². The maximum Gasteiger partial charge on any atom is 0.317 e. The number of carbonyl (C=O) groups is 2. The van der Waals surface area contributed by atoms with Gasteiger partial charge in [0, 0.05) is 32.2 Å². The standard InChI is InChI=1S/C12H24N2O5/c1-12(2,5-4-10(16)17)13-11(18)14(6-8-15)7-9-19-3/h15H,4-9H2,1-3H3,(H,13,18)(H,16,17). The number of aliphatic hydroxyl groups excluding tert-OH is 1. The molecule has 0 atom stereocenters. The van der Waals surface area contributed by atoms with Crippen molar-refractivity contribution in [1.82, 2.24) is 10.2 Å². The maximum atomic E-state index is 12.0. The van der Waals surface area contributed by atoms with Crippen LogP contribution in [-0.2, 0) is 9.53 Å². The van der Waals surface area contributed by atoms with Gasteiger partial charge in [0.15, 0.2) is 0 Å². The number of ether oxygens (including phenoxy) is 1. The second kappa shape index (κ2) is 8.71. The van der Waals surface area contributed by atoms with Gasteiger partial charge in [-0.15, -0.1) is 0 Å². The molecule has 0 saturated carbocycles. The van der Waals surface area contributed by atoms with E-state index in [2.05, 4.69) is 5.32 Å². The molecule has 0 rings (SSSR count). The van der Waals surface area contributed by atoms with Gasteiger partial charge in [-0.3, -0.25) is 4.79 Å². The van der Waals surface area contributed by atoms with E-state index in [9.17, 15) is 9.59 Å². The lowest BCUT2D eigenvalue weighted by atomic mass is 9.99. The summed E-state index contributed by atoms with van der Waals surface area (Å²) >= 11 is 0. The highest BCUT2D eigenvalue weighted by Crippen LogP contribution is 2.11. The van der Waals surface area contributed by atoms with E-state index in [1.165, 1.54) is 12.0 Å². The summed E-state index contributed by atoms with van der Waals surface area (Å²) in [5, 5.41) is 20.3. The molecular weight excluding hydrogens is 252 g/mol. The zero-order valence-corrected chi connectivity index (χ0v) is 11.8. The molecule has 0 heterocycles. The fourth-order valence-corrected chi connectivity index (χ4v) is 1.49. The summed E-state index contributed by atoms with van der Waals surface area (Å²) in [6.45, 7) is 4.36. The molecule has 0 fully saturated rings. The van der Waals surface area contributed by atoms with Crippen molar-refractivity contribution in [3.05, 3.63) is 0 Å². The van der Waals surface area contributed by atoms with Gasteiger partial charge in [0.25, 0.3) is 0 Å². The number of carbonyl (C=O) groups excluding carboxylic acids is 1. The Morgan fingerprint density at radius 2 is 1.95 bits per heavy atom. The van der Waals surface area contributed by atoms with E-state index in [0.717, 1.165) is 0 Å². The largest absolute Gasteiger partial charge is 0.481 e. The number of methoxy groups -OCH3 is 1. The first-order chi connectivity index (χ1) is 8.82. The van der Waals surface area contributed by atoms with E-state index >= 15 is 0 Å². The van der Waals surface area contributed by atoms with Crippen molar-refractivity contribution in [1.29, 1.82) is 0 Å². The van der Waals surface area contributed by atoms with Crippen LogP contribution in [0, 0.1) is 0 Å². The van der Waals surface area contributed by atoms with E-state index < -0.39 is 11.5 Å². The van der Waals surface area contributed by atoms with E-state index in [4.69, 9.17) is 14.9 Å². The number of hydrogen-bond acceptors (Lipinski definition) is 4. The van der Waals surface area contributed by atoms with Gasteiger partial charge in [-0.2, -0.15) is 0 Å². The molecule has 0 aliphatic rings. The number of rotatable bonds is 9. The smallest absolute Gasteiger partial charge is 0.317 e. The summed E-state index contributed by atoms with van der Waals surface area (Å²) in [5.41, 5.74) is -0.615. The number of aliphatic hydroxyl groups is 1. The summed E-state index contributed by atoms with van der Waals surface area (Å²) in [6.07, 6.45) is 0.330. The van der Waals surface area contributed by atoms with Crippen molar-refractivity contribution in [3.63, 3.8) is 0 Å². The van der Waals surface area contributed by atoms with Crippen LogP contribution in [0.1, 0.15) is 26.7 Å². The van der Waals surface area contributed by atoms with Crippen molar-refractivity contribution < 1.29 is 24.5 Å². The van der Waals surface area contributed by atoms with Gasteiger partial charge in [-0.05, 0) is 20.3 Å². The van der Waals surface area contributed by atoms with Crippen molar-refractivity contribution in [2.24, 2.45) is 0 Å². The average Bonchev–Trinajstić information content (AvgIpc) is 2.31. The van der Waals surface area contributed by atoms with Gasteiger partial charge in [0.2, 0.25) is 0 Å². The number of carboxylic acids is 1. The molecule has 0 bridgehead atoms. The molecule has 0 unspecified atom stereocenters. The average molecular weight is 276 g/mol. The Labute approximate surface area is 113 Å². The van der Waals surface area contributed by atoms with Crippen LogP contribution in [0.15, 0.2) is 0 Å². The zero-order valence-electron chi connectivity index (χ0n) is 11.8. The Bertz CT molecular complexity index is 294. The minimum Gasteiger partial charge on any atom is -0.481 e. The maximum absolute atomic E-state index is 12.0. The molecule has 112 valence electrons. The first-order valence-corrected chi connectivity index (χ1v) is 6.21. The number of amides is 2. The first kappa shape index (κ1) is 17.7. The molecule has 0 saturated heterocycles. The van der Waals surface area contributed by atoms with Crippen LogP contribution < -0.4 is 5.32 Å². The number of carboxylic acid groups (broad SMARTS) is 1. The highest BCUT2D eigenvalue weighted by atomic mass is 16.5. The normalized spacial score (nSPS) is 11.2. The molecule has 0 aliphatic heterocycles. The Hall–Kier alpha value is -1.34. The summed E-state index contributed by atoms with van der Waals surface area (Å²) < 4.78 is 4.90. The molecule has 0 aromatic heterocycles. The van der Waals surface area contributed by atoms with Crippen LogP contribution in [-0.4, -0.2) is 66.1 Å². The van der Waals surface area contributed by atoms with Crippen LogP contribution in [0.25, 0.3) is 0 Å². The molecule has 2 amide bonds. The first-order valence-electron chi connectivity index (χ1n) is 6.21. The van der Waals surface area contributed by atoms with Crippen LogP contribution in [0.4, 0.5) is 4.79 Å². The Balaban J connectivity index is 4.38. The van der Waals surface area contributed by atoms with Gasteiger partial charge < -0.3 is 25.2 Å². The van der Waals surface area contributed by atoms with Gasteiger partial charge in [0.1, 0.15) is 0 Å². The molecular formula is C12H24N2O5. The molecule has 7 heteroatoms. The highest BCUT2D eigenvalue weighted by Gasteiger charge is 2.24. The number of nitrogens with zero attached hydrogens (tertiary/aromatic N) is 1. The summed E-state index contributed by atoms with van der Waals surface area (Å²) in [7, 11) is 1.53. The lowest BCUT2D eigenvalue weighted by Gasteiger charge is -2.30. The molecule has 3 N–H and O–H groups in total. The fourth-order valence-electron chi connectivity index (χ4n) is 1.49. The van der Waals surface area contributed by atoms with Crippen LogP contribution in [0.3, 0.4) is 0 Å².